The zero-order chi connectivity index (χ0) is 7.28. The first kappa shape index (κ1) is 8.68. The van der Waals surface area contributed by atoms with Crippen LogP contribution < -0.4 is 5.84 Å². The Morgan fingerprint density at radius 3 is 2.78 bits per heavy atom. The van der Waals surface area contributed by atoms with Gasteiger partial charge in [0.05, 0.1) is 6.61 Å². The predicted octanol–water partition coefficient (Wildman–Crippen LogP) is -0.121. The summed E-state index contributed by atoms with van der Waals surface area (Å²) in [5.74, 6) is 4.50. The number of hydrogen-bond acceptors (Lipinski definition) is 4. The quantitative estimate of drug-likeness (QED) is 0.265. The molecule has 9 heavy (non-hydrogen) atoms. The van der Waals surface area contributed by atoms with Crippen LogP contribution in [0.3, 0.4) is 0 Å². The van der Waals surface area contributed by atoms with E-state index in [0.29, 0.717) is 6.61 Å². The monoisotopic (exact) mass is 152 g/mol. The molecule has 0 aromatic carbocycles. The van der Waals surface area contributed by atoms with E-state index in [2.05, 4.69) is 4.74 Å². The van der Waals surface area contributed by atoms with Crippen LogP contribution in [0.15, 0.2) is 0 Å². The largest absolute Gasteiger partial charge is 0.465 e. The van der Waals surface area contributed by atoms with Gasteiger partial charge in [0.15, 0.2) is 0 Å². The van der Waals surface area contributed by atoms with Crippen LogP contribution in [0.25, 0.3) is 0 Å². The van der Waals surface area contributed by atoms with Crippen molar-refractivity contribution in [1.29, 1.82) is 0 Å². The van der Waals surface area contributed by atoms with Crippen molar-refractivity contribution in [2.45, 2.75) is 6.92 Å². The van der Waals surface area contributed by atoms with Gasteiger partial charge in [-0.15, -0.1) is 4.53 Å². The zero-order valence-electron chi connectivity index (χ0n) is 5.13. The fraction of sp³-hybridized carbons (Fsp3) is 0.750. The second-order valence-electron chi connectivity index (χ2n) is 1.36. The van der Waals surface area contributed by atoms with Gasteiger partial charge in [-0.1, -0.05) is 0 Å². The van der Waals surface area contributed by atoms with Crippen LogP contribution in [0, 0.1) is 0 Å². The number of hydrazine groups is 1. The van der Waals surface area contributed by atoms with Crippen molar-refractivity contribution in [3.05, 3.63) is 0 Å². The third kappa shape index (κ3) is 5.55. The van der Waals surface area contributed by atoms with Gasteiger partial charge in [0.2, 0.25) is 0 Å². The van der Waals surface area contributed by atoms with E-state index in [1.165, 1.54) is 0 Å². The lowest BCUT2D eigenvalue weighted by Crippen LogP contribution is -2.28. The molecule has 0 rings (SSSR count). The van der Waals surface area contributed by atoms with E-state index in [9.17, 15) is 4.79 Å². The predicted molar refractivity (Wildman–Crippen MR) is 33.4 cm³/mol. The maximum absolute atomic E-state index is 10.4. The number of halogens is 1. The van der Waals surface area contributed by atoms with Crippen molar-refractivity contribution in [3.8, 4) is 0 Å². The van der Waals surface area contributed by atoms with E-state index in [1.54, 1.807) is 6.92 Å². The smallest absolute Gasteiger partial charge is 0.323 e. The van der Waals surface area contributed by atoms with Crippen molar-refractivity contribution in [2.75, 3.05) is 13.2 Å². The Kier molecular flexibility index (Phi) is 4.39. The molecule has 0 heterocycles. The SMILES string of the molecule is CCOC(=O)CN(N)Cl. The molecule has 2 N–H and O–H groups in total. The number of ether oxygens (including phenoxy) is 1. The summed E-state index contributed by atoms with van der Waals surface area (Å²) in [4.78, 5) is 10.4. The number of carbonyl (C=O) groups is 1. The number of nitrogens with two attached hydrogens (primary N) is 1. The normalized spacial score (nSPS) is 9.78. The van der Waals surface area contributed by atoms with Crippen molar-refractivity contribution in [1.82, 2.24) is 4.53 Å². The molecule has 0 spiro atoms. The average molecular weight is 153 g/mol. The van der Waals surface area contributed by atoms with Crippen molar-refractivity contribution in [3.63, 3.8) is 0 Å². The van der Waals surface area contributed by atoms with E-state index >= 15 is 0 Å². The highest BCUT2D eigenvalue weighted by Gasteiger charge is 2.03. The number of carbonyl (C=O) groups excluding carboxylic acids is 1. The standard InChI is InChI=1S/C4H9ClN2O2/c1-2-9-4(8)3-7(5)6/h2-3,6H2,1H3. The van der Waals surface area contributed by atoms with Crippen LogP contribution in [-0.4, -0.2) is 23.6 Å². The molecule has 0 bridgehead atoms. The number of esters is 1. The fourth-order valence-electron chi connectivity index (χ4n) is 0.330. The van der Waals surface area contributed by atoms with Crippen LogP contribution in [0.2, 0.25) is 0 Å². The van der Waals surface area contributed by atoms with Gasteiger partial charge in [0.25, 0.3) is 0 Å². The van der Waals surface area contributed by atoms with Gasteiger partial charge in [-0.25, -0.2) is 0 Å². The molecule has 0 aliphatic heterocycles. The first-order chi connectivity index (χ1) is 4.16. The highest BCUT2D eigenvalue weighted by Crippen LogP contribution is 1.84. The topological polar surface area (TPSA) is 55.6 Å². The second kappa shape index (κ2) is 4.55. The molecule has 54 valence electrons. The Labute approximate surface area is 58.6 Å². The number of rotatable bonds is 3. The molecule has 0 atom stereocenters. The number of nitrogens with zero attached hydrogens (tertiary/aromatic N) is 1. The summed E-state index contributed by atoms with van der Waals surface area (Å²) in [6.45, 7) is 1.98. The zero-order valence-corrected chi connectivity index (χ0v) is 5.89. The molecular weight excluding hydrogens is 144 g/mol. The summed E-state index contributed by atoms with van der Waals surface area (Å²) in [6, 6.07) is 0. The number of hydrogen-bond donors (Lipinski definition) is 1. The van der Waals surface area contributed by atoms with E-state index in [-0.39, 0.29) is 6.54 Å². The molecule has 0 radical (unpaired) electrons. The minimum Gasteiger partial charge on any atom is -0.465 e. The third-order valence-corrected chi connectivity index (χ3v) is 0.705. The Balaban J connectivity index is 3.27. The summed E-state index contributed by atoms with van der Waals surface area (Å²) in [6.07, 6.45) is 0. The first-order valence-corrected chi connectivity index (χ1v) is 2.84. The summed E-state index contributed by atoms with van der Waals surface area (Å²) in [7, 11) is 0. The van der Waals surface area contributed by atoms with Gasteiger partial charge in [0, 0.05) is 0 Å². The molecule has 0 aromatic heterocycles. The van der Waals surface area contributed by atoms with E-state index < -0.39 is 5.97 Å². The molecule has 0 saturated heterocycles. The van der Waals surface area contributed by atoms with E-state index in [4.69, 9.17) is 17.6 Å². The molecule has 0 aliphatic rings. The molecular formula is C4H9ClN2O2. The molecule has 0 saturated carbocycles. The Hall–Kier alpha value is -0.320. The summed E-state index contributed by atoms with van der Waals surface area (Å²) < 4.78 is 5.26. The maximum atomic E-state index is 10.4. The molecule has 4 nitrogen and oxygen atoms in total. The molecule has 5 heteroatoms. The van der Waals surface area contributed by atoms with E-state index in [0.717, 1.165) is 4.53 Å². The van der Waals surface area contributed by atoms with Gasteiger partial charge in [-0.05, 0) is 18.7 Å². The van der Waals surface area contributed by atoms with Gasteiger partial charge < -0.3 is 4.74 Å². The van der Waals surface area contributed by atoms with Crippen LogP contribution in [-0.2, 0) is 9.53 Å². The Morgan fingerprint density at radius 1 is 1.89 bits per heavy atom. The first-order valence-electron chi connectivity index (χ1n) is 2.50. The van der Waals surface area contributed by atoms with Crippen LogP contribution >= 0.6 is 11.8 Å². The molecule has 0 unspecified atom stereocenters. The fourth-order valence-corrected chi connectivity index (χ4v) is 0.428. The minimum atomic E-state index is -0.421. The van der Waals surface area contributed by atoms with Gasteiger partial charge in [0.1, 0.15) is 6.54 Å². The average Bonchev–Trinajstić information content (AvgIpc) is 1.63. The van der Waals surface area contributed by atoms with Gasteiger partial charge in [-0.2, -0.15) is 0 Å². The summed E-state index contributed by atoms with van der Waals surface area (Å²) >= 11 is 5.12. The summed E-state index contributed by atoms with van der Waals surface area (Å²) in [5.41, 5.74) is 0. The molecule has 0 aliphatic carbocycles. The van der Waals surface area contributed by atoms with Crippen molar-refractivity contribution < 1.29 is 9.53 Å². The highest BCUT2D eigenvalue weighted by atomic mass is 35.5. The lowest BCUT2D eigenvalue weighted by Gasteiger charge is -2.04. The van der Waals surface area contributed by atoms with Crippen LogP contribution in [0.4, 0.5) is 0 Å². The lowest BCUT2D eigenvalue weighted by atomic mass is 10.7. The van der Waals surface area contributed by atoms with Gasteiger partial charge in [-0.3, -0.25) is 10.6 Å². The van der Waals surface area contributed by atoms with Gasteiger partial charge >= 0.3 is 5.97 Å². The highest BCUT2D eigenvalue weighted by molar-refractivity contribution is 6.13. The van der Waals surface area contributed by atoms with Crippen molar-refractivity contribution in [2.24, 2.45) is 5.84 Å². The lowest BCUT2D eigenvalue weighted by molar-refractivity contribution is -0.143. The molecule has 0 amide bonds. The Morgan fingerprint density at radius 2 is 2.44 bits per heavy atom. The van der Waals surface area contributed by atoms with Crippen LogP contribution in [0.1, 0.15) is 6.92 Å². The second-order valence-corrected chi connectivity index (χ2v) is 1.80. The van der Waals surface area contributed by atoms with Crippen LogP contribution in [0.5, 0.6) is 0 Å². The molecule has 0 fully saturated rings. The third-order valence-electron chi connectivity index (χ3n) is 0.585. The molecule has 0 aromatic rings. The van der Waals surface area contributed by atoms with E-state index in [1.807, 2.05) is 0 Å². The van der Waals surface area contributed by atoms with Crippen molar-refractivity contribution >= 4 is 17.7 Å². The summed E-state index contributed by atoms with van der Waals surface area (Å²) in [5, 5.41) is 0. The maximum Gasteiger partial charge on any atom is 0.323 e. The minimum absolute atomic E-state index is 0.0879. The Bertz CT molecular complexity index is 96.6.